The summed E-state index contributed by atoms with van der Waals surface area (Å²) in [5.41, 5.74) is 1.60. The Bertz CT molecular complexity index is 713. The zero-order valence-corrected chi connectivity index (χ0v) is 12.7. The Morgan fingerprint density at radius 3 is 2.67 bits per heavy atom. The van der Waals surface area contributed by atoms with Gasteiger partial charge in [-0.25, -0.2) is 0 Å². The summed E-state index contributed by atoms with van der Waals surface area (Å²) in [6.07, 6.45) is -5.62. The van der Waals surface area contributed by atoms with Crippen molar-refractivity contribution in [1.82, 2.24) is 4.98 Å². The monoisotopic (exact) mass is 337 g/mol. The van der Waals surface area contributed by atoms with Crippen LogP contribution < -0.4 is 0 Å². The van der Waals surface area contributed by atoms with Crippen molar-refractivity contribution in [2.75, 3.05) is 6.61 Å². The zero-order valence-electron chi connectivity index (χ0n) is 12.7. The molecule has 0 unspecified atom stereocenters. The van der Waals surface area contributed by atoms with Gasteiger partial charge < -0.3 is 34.9 Å². The van der Waals surface area contributed by atoms with E-state index in [2.05, 4.69) is 4.98 Å². The van der Waals surface area contributed by atoms with Gasteiger partial charge in [-0.2, -0.15) is 0 Å². The summed E-state index contributed by atoms with van der Waals surface area (Å²) in [6, 6.07) is 7.46. The van der Waals surface area contributed by atoms with Crippen LogP contribution in [0.5, 0.6) is 0 Å². The molecule has 1 aromatic heterocycles. The molecule has 0 spiro atoms. The molecule has 130 valence electrons. The van der Waals surface area contributed by atoms with Gasteiger partial charge in [0.15, 0.2) is 0 Å². The fourth-order valence-corrected chi connectivity index (χ4v) is 2.77. The van der Waals surface area contributed by atoms with Gasteiger partial charge in [0, 0.05) is 17.1 Å². The van der Waals surface area contributed by atoms with Gasteiger partial charge in [0.25, 0.3) is 0 Å². The Morgan fingerprint density at radius 1 is 1.17 bits per heavy atom. The number of esters is 1. The number of aromatic amines is 1. The minimum atomic E-state index is -1.60. The summed E-state index contributed by atoms with van der Waals surface area (Å²) in [4.78, 5) is 15.2. The van der Waals surface area contributed by atoms with E-state index in [-0.39, 0.29) is 6.42 Å². The zero-order chi connectivity index (χ0) is 17.3. The van der Waals surface area contributed by atoms with E-state index in [4.69, 9.17) is 14.6 Å². The van der Waals surface area contributed by atoms with Gasteiger partial charge in [-0.3, -0.25) is 4.79 Å². The van der Waals surface area contributed by atoms with Gasteiger partial charge in [-0.15, -0.1) is 0 Å². The molecule has 1 aliphatic rings. The van der Waals surface area contributed by atoms with Crippen LogP contribution in [-0.4, -0.2) is 68.7 Å². The van der Waals surface area contributed by atoms with E-state index in [9.17, 15) is 20.1 Å². The first kappa shape index (κ1) is 16.9. The number of carbonyl (C=O) groups excluding carboxylic acids is 1. The number of nitrogens with one attached hydrogen (secondary N) is 1. The maximum absolute atomic E-state index is 12.1. The molecule has 0 radical (unpaired) electrons. The molecule has 0 amide bonds. The summed E-state index contributed by atoms with van der Waals surface area (Å²) in [5, 5.41) is 39.3. The van der Waals surface area contributed by atoms with Crippen molar-refractivity contribution in [3.05, 3.63) is 36.0 Å². The van der Waals surface area contributed by atoms with Crippen LogP contribution in [0.4, 0.5) is 0 Å². The summed E-state index contributed by atoms with van der Waals surface area (Å²) in [6.45, 7) is -0.582. The number of benzene rings is 1. The molecule has 1 saturated heterocycles. The number of rotatable bonds is 4. The lowest BCUT2D eigenvalue weighted by atomic mass is 9.99. The first-order valence-electron chi connectivity index (χ1n) is 7.56. The molecule has 8 nitrogen and oxygen atoms in total. The predicted octanol–water partition coefficient (Wildman–Crippen LogP) is -0.947. The Morgan fingerprint density at radius 2 is 1.92 bits per heavy atom. The molecule has 0 bridgehead atoms. The van der Waals surface area contributed by atoms with Crippen molar-refractivity contribution in [3.63, 3.8) is 0 Å². The van der Waals surface area contributed by atoms with Crippen LogP contribution >= 0.6 is 0 Å². The number of H-pyrrole nitrogens is 1. The minimum Gasteiger partial charge on any atom is -0.432 e. The highest BCUT2D eigenvalue weighted by atomic mass is 16.7. The first-order valence-corrected chi connectivity index (χ1v) is 7.56. The molecular weight excluding hydrogens is 318 g/mol. The van der Waals surface area contributed by atoms with Crippen LogP contribution in [0.1, 0.15) is 5.56 Å². The molecule has 0 aliphatic carbocycles. The Hall–Kier alpha value is -1.97. The number of aliphatic hydroxyl groups excluding tert-OH is 4. The predicted molar refractivity (Wildman–Crippen MR) is 81.9 cm³/mol. The molecule has 1 aromatic carbocycles. The third-order valence-corrected chi connectivity index (χ3v) is 4.11. The molecule has 1 aliphatic heterocycles. The number of carbonyl (C=O) groups is 1. The second-order valence-corrected chi connectivity index (χ2v) is 5.72. The maximum Gasteiger partial charge on any atom is 0.312 e. The van der Waals surface area contributed by atoms with Crippen LogP contribution in [0, 0.1) is 0 Å². The van der Waals surface area contributed by atoms with Gasteiger partial charge in [-0.1, -0.05) is 18.2 Å². The average molecular weight is 337 g/mol. The number of hydrogen-bond donors (Lipinski definition) is 5. The quantitative estimate of drug-likeness (QED) is 0.455. The van der Waals surface area contributed by atoms with Crippen molar-refractivity contribution in [2.45, 2.75) is 37.1 Å². The smallest absolute Gasteiger partial charge is 0.312 e. The van der Waals surface area contributed by atoms with Gasteiger partial charge in [0.2, 0.25) is 6.29 Å². The van der Waals surface area contributed by atoms with E-state index in [0.717, 1.165) is 16.5 Å². The van der Waals surface area contributed by atoms with Crippen LogP contribution in [0.2, 0.25) is 0 Å². The first-order chi connectivity index (χ1) is 11.5. The number of para-hydroxylation sites is 1. The Labute approximate surface area is 137 Å². The largest absolute Gasteiger partial charge is 0.432 e. The van der Waals surface area contributed by atoms with Crippen molar-refractivity contribution in [3.8, 4) is 0 Å². The highest BCUT2D eigenvalue weighted by molar-refractivity contribution is 5.87. The van der Waals surface area contributed by atoms with Gasteiger partial charge in [0.05, 0.1) is 13.0 Å². The number of fused-ring (bicyclic) bond motifs is 1. The normalized spacial score (nSPS) is 30.4. The standard InChI is InChI=1S/C16H19NO7/c18-7-11-13(20)14(21)15(22)16(23-11)24-12(19)5-8-6-17-10-4-2-1-3-9(8)10/h1-4,6,11,13-18,20-22H,5,7H2/t11-,13+,14+,15-,16-/m1/s1. The van der Waals surface area contributed by atoms with Gasteiger partial charge in [-0.05, 0) is 11.6 Å². The third-order valence-electron chi connectivity index (χ3n) is 4.11. The molecule has 0 saturated carbocycles. The fraction of sp³-hybridized carbons (Fsp3) is 0.438. The van der Waals surface area contributed by atoms with E-state index in [1.54, 1.807) is 6.20 Å². The van der Waals surface area contributed by atoms with Crippen LogP contribution in [0.15, 0.2) is 30.5 Å². The van der Waals surface area contributed by atoms with Crippen LogP contribution in [0.25, 0.3) is 10.9 Å². The highest BCUT2D eigenvalue weighted by Gasteiger charge is 2.45. The summed E-state index contributed by atoms with van der Waals surface area (Å²) in [5.74, 6) is -0.663. The lowest BCUT2D eigenvalue weighted by molar-refractivity contribution is -0.292. The summed E-state index contributed by atoms with van der Waals surface area (Å²) < 4.78 is 10.2. The van der Waals surface area contributed by atoms with E-state index >= 15 is 0 Å². The van der Waals surface area contributed by atoms with Crippen molar-refractivity contribution in [2.24, 2.45) is 0 Å². The minimum absolute atomic E-state index is 0.0565. The van der Waals surface area contributed by atoms with E-state index in [1.807, 2.05) is 24.3 Å². The average Bonchev–Trinajstić information content (AvgIpc) is 2.98. The Kier molecular flexibility index (Phi) is 4.83. The molecule has 8 heteroatoms. The van der Waals surface area contributed by atoms with Crippen molar-refractivity contribution < 1.29 is 34.7 Å². The maximum atomic E-state index is 12.1. The fourth-order valence-electron chi connectivity index (χ4n) is 2.77. The van der Waals surface area contributed by atoms with E-state index in [1.165, 1.54) is 0 Å². The van der Waals surface area contributed by atoms with Gasteiger partial charge >= 0.3 is 5.97 Å². The SMILES string of the molecule is O=C(Cc1c[nH]c2ccccc12)O[C@H]1O[C@H](CO)[C@H](O)[C@H](O)[C@H]1O. The number of hydrogen-bond acceptors (Lipinski definition) is 7. The van der Waals surface area contributed by atoms with Gasteiger partial charge in [0.1, 0.15) is 24.4 Å². The molecule has 1 fully saturated rings. The Balaban J connectivity index is 1.68. The lowest BCUT2D eigenvalue weighted by Gasteiger charge is -2.39. The van der Waals surface area contributed by atoms with E-state index in [0.29, 0.717) is 0 Å². The summed E-state index contributed by atoms with van der Waals surface area (Å²) in [7, 11) is 0. The van der Waals surface area contributed by atoms with Crippen molar-refractivity contribution in [1.29, 1.82) is 0 Å². The molecule has 5 atom stereocenters. The number of aromatic nitrogens is 1. The van der Waals surface area contributed by atoms with E-state index < -0.39 is 43.3 Å². The third kappa shape index (κ3) is 3.14. The van der Waals surface area contributed by atoms with Crippen LogP contribution in [0.3, 0.4) is 0 Å². The molecule has 24 heavy (non-hydrogen) atoms. The highest BCUT2D eigenvalue weighted by Crippen LogP contribution is 2.23. The lowest BCUT2D eigenvalue weighted by Crippen LogP contribution is -2.59. The molecule has 2 aromatic rings. The molecule has 2 heterocycles. The van der Waals surface area contributed by atoms with Crippen molar-refractivity contribution >= 4 is 16.9 Å². The van der Waals surface area contributed by atoms with Crippen LogP contribution in [-0.2, 0) is 20.7 Å². The number of aliphatic hydroxyl groups is 4. The molecule has 3 rings (SSSR count). The topological polar surface area (TPSA) is 132 Å². The second kappa shape index (κ2) is 6.88. The molecular formula is C16H19NO7. The summed E-state index contributed by atoms with van der Waals surface area (Å²) >= 11 is 0. The molecule has 5 N–H and O–H groups in total. The number of ether oxygens (including phenoxy) is 2. The second-order valence-electron chi connectivity index (χ2n) is 5.72.